The van der Waals surface area contributed by atoms with E-state index in [9.17, 15) is 19.5 Å². The van der Waals surface area contributed by atoms with Crippen LogP contribution in [0.4, 0.5) is 4.79 Å². The Bertz CT molecular complexity index is 457. The van der Waals surface area contributed by atoms with E-state index in [4.69, 9.17) is 4.74 Å². The third kappa shape index (κ3) is 3.46. The van der Waals surface area contributed by atoms with Gasteiger partial charge in [0, 0.05) is 6.04 Å². The average Bonchev–Trinajstić information content (AvgIpc) is 2.75. The number of carboxylic acid groups (broad SMARTS) is 1. The first-order valence-electron chi connectivity index (χ1n) is 7.23. The van der Waals surface area contributed by atoms with Crippen LogP contribution in [0.3, 0.4) is 0 Å². The number of nitrogens with one attached hydrogen (secondary N) is 1. The number of piperidine rings is 1. The number of hydrogen-bond acceptors (Lipinski definition) is 4. The molecule has 2 N–H and O–H groups in total. The zero-order chi connectivity index (χ0) is 15.8. The van der Waals surface area contributed by atoms with E-state index in [-0.39, 0.29) is 11.9 Å². The van der Waals surface area contributed by atoms with Crippen LogP contribution in [-0.4, -0.2) is 51.7 Å². The highest BCUT2D eigenvalue weighted by atomic mass is 16.6. The Morgan fingerprint density at radius 1 is 1.24 bits per heavy atom. The molecule has 0 saturated carbocycles. The van der Waals surface area contributed by atoms with Gasteiger partial charge in [-0.1, -0.05) is 0 Å². The maximum absolute atomic E-state index is 12.4. The number of nitrogens with zero attached hydrogens (tertiary/aromatic N) is 1. The lowest BCUT2D eigenvalue weighted by Crippen LogP contribution is -2.57. The van der Waals surface area contributed by atoms with E-state index in [2.05, 4.69) is 5.32 Å². The van der Waals surface area contributed by atoms with Crippen LogP contribution in [-0.2, 0) is 14.3 Å². The largest absolute Gasteiger partial charge is 0.480 e. The van der Waals surface area contributed by atoms with Crippen molar-refractivity contribution in [3.8, 4) is 0 Å². The molecule has 3 atom stereocenters. The Morgan fingerprint density at radius 2 is 1.86 bits per heavy atom. The molecule has 2 fully saturated rings. The lowest BCUT2D eigenvalue weighted by molar-refractivity contribution is -0.152. The van der Waals surface area contributed by atoms with Crippen LogP contribution in [0, 0.1) is 0 Å². The summed E-state index contributed by atoms with van der Waals surface area (Å²) in [5.74, 6) is -1.30. The monoisotopic (exact) mass is 298 g/mol. The number of alkyl carbamates (subject to hydrolysis) is 1. The normalized spacial score (nSPS) is 29.0. The zero-order valence-corrected chi connectivity index (χ0v) is 12.6. The molecule has 0 spiro atoms. The van der Waals surface area contributed by atoms with Gasteiger partial charge in [0.05, 0.1) is 0 Å². The van der Waals surface area contributed by atoms with Crippen molar-refractivity contribution < 1.29 is 24.2 Å². The summed E-state index contributed by atoms with van der Waals surface area (Å²) in [5.41, 5.74) is -0.637. The van der Waals surface area contributed by atoms with Crippen molar-refractivity contribution in [2.45, 2.75) is 70.2 Å². The third-order valence-electron chi connectivity index (χ3n) is 3.82. The maximum atomic E-state index is 12.4. The quantitative estimate of drug-likeness (QED) is 0.796. The summed E-state index contributed by atoms with van der Waals surface area (Å²) in [5, 5.41) is 11.7. The highest BCUT2D eigenvalue weighted by Crippen LogP contribution is 2.32. The average molecular weight is 298 g/mol. The second-order valence-corrected chi connectivity index (χ2v) is 6.61. The second kappa shape index (κ2) is 5.54. The smallest absolute Gasteiger partial charge is 0.408 e. The van der Waals surface area contributed by atoms with E-state index in [1.807, 2.05) is 0 Å². The molecule has 0 aliphatic carbocycles. The lowest BCUT2D eigenvalue weighted by Gasteiger charge is -2.37. The highest BCUT2D eigenvalue weighted by Gasteiger charge is 2.46. The van der Waals surface area contributed by atoms with Gasteiger partial charge in [-0.25, -0.2) is 9.59 Å². The molecule has 0 bridgehead atoms. The number of rotatable bonds is 2. The molecule has 2 aliphatic heterocycles. The summed E-state index contributed by atoms with van der Waals surface area (Å²) in [6.07, 6.45) is 1.76. The van der Waals surface area contributed by atoms with E-state index in [1.165, 1.54) is 4.90 Å². The van der Waals surface area contributed by atoms with Crippen LogP contribution < -0.4 is 5.32 Å². The van der Waals surface area contributed by atoms with E-state index in [0.29, 0.717) is 25.7 Å². The van der Waals surface area contributed by atoms with Crippen molar-refractivity contribution in [3.05, 3.63) is 0 Å². The van der Waals surface area contributed by atoms with E-state index in [1.54, 1.807) is 20.8 Å². The van der Waals surface area contributed by atoms with Gasteiger partial charge in [-0.2, -0.15) is 0 Å². The molecule has 7 nitrogen and oxygen atoms in total. The summed E-state index contributed by atoms with van der Waals surface area (Å²) in [6.45, 7) is 5.23. The van der Waals surface area contributed by atoms with Crippen molar-refractivity contribution in [2.75, 3.05) is 0 Å². The molecule has 2 saturated heterocycles. The first-order valence-corrected chi connectivity index (χ1v) is 7.23. The fourth-order valence-electron chi connectivity index (χ4n) is 2.99. The molecule has 7 heteroatoms. The van der Waals surface area contributed by atoms with Crippen molar-refractivity contribution in [1.82, 2.24) is 10.2 Å². The van der Waals surface area contributed by atoms with Crippen LogP contribution >= 0.6 is 0 Å². The van der Waals surface area contributed by atoms with Crippen molar-refractivity contribution in [3.63, 3.8) is 0 Å². The van der Waals surface area contributed by atoms with Gasteiger partial charge in [0.2, 0.25) is 5.91 Å². The molecule has 2 heterocycles. The van der Waals surface area contributed by atoms with Crippen molar-refractivity contribution in [1.29, 1.82) is 0 Å². The number of hydrogen-bond donors (Lipinski definition) is 2. The fourth-order valence-corrected chi connectivity index (χ4v) is 2.99. The molecule has 0 unspecified atom stereocenters. The number of amides is 2. The third-order valence-corrected chi connectivity index (χ3v) is 3.82. The minimum Gasteiger partial charge on any atom is -0.480 e. The van der Waals surface area contributed by atoms with Crippen LogP contribution in [0.1, 0.15) is 46.5 Å². The van der Waals surface area contributed by atoms with Crippen LogP contribution in [0.25, 0.3) is 0 Å². The number of aliphatic carboxylic acids is 1. The minimum absolute atomic E-state index is 0.0183. The number of carboxylic acids is 1. The summed E-state index contributed by atoms with van der Waals surface area (Å²) in [7, 11) is 0. The lowest BCUT2D eigenvalue weighted by atomic mass is 9.98. The van der Waals surface area contributed by atoms with Gasteiger partial charge in [0.1, 0.15) is 17.7 Å². The Balaban J connectivity index is 2.02. The van der Waals surface area contributed by atoms with Gasteiger partial charge in [0.15, 0.2) is 0 Å². The predicted molar refractivity (Wildman–Crippen MR) is 73.7 cm³/mol. The molecule has 21 heavy (non-hydrogen) atoms. The van der Waals surface area contributed by atoms with Crippen LogP contribution in [0.2, 0.25) is 0 Å². The predicted octanol–water partition coefficient (Wildman–Crippen LogP) is 1.12. The molecular weight excluding hydrogens is 276 g/mol. The Morgan fingerprint density at radius 3 is 2.43 bits per heavy atom. The minimum atomic E-state index is -0.983. The molecule has 0 radical (unpaired) electrons. The molecule has 0 aromatic heterocycles. The number of ether oxygens (including phenoxy) is 1. The summed E-state index contributed by atoms with van der Waals surface area (Å²) >= 11 is 0. The van der Waals surface area contributed by atoms with Crippen molar-refractivity contribution >= 4 is 18.0 Å². The first kappa shape index (κ1) is 15.6. The van der Waals surface area contributed by atoms with Gasteiger partial charge in [0.25, 0.3) is 0 Å². The van der Waals surface area contributed by atoms with Gasteiger partial charge < -0.3 is 20.1 Å². The number of fused-ring (bicyclic) bond motifs is 1. The standard InChI is InChI=1S/C14H22N2O5/c1-14(2,3)21-13(20)15-9-6-4-8-5-7-10(12(18)19)16(8)11(9)17/h8-10H,4-7H2,1-3H3,(H,15,20)(H,18,19)/t8-,9-,10-/m0/s1. The highest BCUT2D eigenvalue weighted by molar-refractivity contribution is 5.90. The summed E-state index contributed by atoms with van der Waals surface area (Å²) in [4.78, 5) is 36.8. The zero-order valence-electron chi connectivity index (χ0n) is 12.6. The van der Waals surface area contributed by atoms with E-state index < -0.39 is 29.7 Å². The molecular formula is C14H22N2O5. The fraction of sp³-hybridized carbons (Fsp3) is 0.786. The van der Waals surface area contributed by atoms with Gasteiger partial charge in [-0.15, -0.1) is 0 Å². The molecule has 2 aliphatic rings. The maximum Gasteiger partial charge on any atom is 0.408 e. The molecule has 0 aromatic rings. The van der Waals surface area contributed by atoms with Gasteiger partial charge >= 0.3 is 12.1 Å². The van der Waals surface area contributed by atoms with Crippen molar-refractivity contribution in [2.24, 2.45) is 0 Å². The molecule has 2 amide bonds. The Labute approximate surface area is 123 Å². The molecule has 118 valence electrons. The van der Waals surface area contributed by atoms with E-state index in [0.717, 1.165) is 0 Å². The van der Waals surface area contributed by atoms with Gasteiger partial charge in [-0.05, 0) is 46.5 Å². The van der Waals surface area contributed by atoms with E-state index >= 15 is 0 Å². The Kier molecular flexibility index (Phi) is 4.11. The molecule has 0 aromatic carbocycles. The SMILES string of the molecule is CC(C)(C)OC(=O)N[C@H]1CC[C@H]2CC[C@@H](C(=O)O)N2C1=O. The van der Waals surface area contributed by atoms with Crippen LogP contribution in [0.5, 0.6) is 0 Å². The molecule has 2 rings (SSSR count). The van der Waals surface area contributed by atoms with Gasteiger partial charge in [-0.3, -0.25) is 4.79 Å². The second-order valence-electron chi connectivity index (χ2n) is 6.61. The number of carbonyl (C=O) groups is 3. The summed E-state index contributed by atoms with van der Waals surface area (Å²) < 4.78 is 5.14. The van der Waals surface area contributed by atoms with Crippen LogP contribution in [0.15, 0.2) is 0 Å². The number of carbonyl (C=O) groups excluding carboxylic acids is 2. The first-order chi connectivity index (χ1) is 9.69. The Hall–Kier alpha value is -1.79. The summed E-state index contributed by atoms with van der Waals surface area (Å²) in [6, 6.07) is -1.49. The topological polar surface area (TPSA) is 95.9 Å².